The molecular weight excluding hydrogens is 534 g/mol. The molecule has 0 saturated carbocycles. The lowest BCUT2D eigenvalue weighted by molar-refractivity contribution is -0.151. The third-order valence-corrected chi connectivity index (χ3v) is 8.54. The van der Waals surface area contributed by atoms with Crippen LogP contribution in [0, 0.1) is 0 Å². The van der Waals surface area contributed by atoms with Crippen molar-refractivity contribution in [3.63, 3.8) is 0 Å². The number of nitrogens with one attached hydrogen (secondary N) is 1. The number of nitrogens with zero attached hydrogens (tertiary/aromatic N) is 2. The fourth-order valence-corrected chi connectivity index (χ4v) is 6.64. The van der Waals surface area contributed by atoms with Crippen LogP contribution in [0.2, 0.25) is 0 Å². The number of esters is 1. The maximum absolute atomic E-state index is 14.5. The minimum absolute atomic E-state index is 0.0786. The molecule has 1 aliphatic carbocycles. The fraction of sp³-hybridized carbons (Fsp3) is 0.364. The van der Waals surface area contributed by atoms with E-state index in [1.54, 1.807) is 25.1 Å². The highest BCUT2D eigenvalue weighted by molar-refractivity contribution is 5.93. The van der Waals surface area contributed by atoms with Crippen LogP contribution in [-0.4, -0.2) is 66.2 Å². The van der Waals surface area contributed by atoms with E-state index in [2.05, 4.69) is 11.1 Å². The summed E-state index contributed by atoms with van der Waals surface area (Å²) >= 11 is 0. The van der Waals surface area contributed by atoms with Gasteiger partial charge in [0.25, 0.3) is 0 Å². The molecule has 0 radical (unpaired) electrons. The number of carbonyl (C=O) groups excluding carboxylic acids is 3. The summed E-state index contributed by atoms with van der Waals surface area (Å²) in [5.74, 6) is -0.0533. The van der Waals surface area contributed by atoms with Gasteiger partial charge >= 0.3 is 12.1 Å². The number of allylic oxidation sites excluding steroid dienone is 2. The Hall–Kier alpha value is -4.53. The first-order chi connectivity index (χ1) is 20.5. The van der Waals surface area contributed by atoms with Crippen LogP contribution in [0.3, 0.4) is 0 Å². The number of fused-ring (bicyclic) bond motifs is 3. The number of hydrogen-bond acceptors (Lipinski definition) is 6. The van der Waals surface area contributed by atoms with E-state index in [1.807, 2.05) is 54.7 Å². The molecule has 9 nitrogen and oxygen atoms in total. The van der Waals surface area contributed by atoms with Crippen molar-refractivity contribution >= 4 is 28.9 Å². The molecule has 2 amide bonds. The fourth-order valence-electron chi connectivity index (χ4n) is 6.64. The molecule has 42 heavy (non-hydrogen) atoms. The molecule has 218 valence electrons. The summed E-state index contributed by atoms with van der Waals surface area (Å²) < 4.78 is 16.4. The van der Waals surface area contributed by atoms with Crippen LogP contribution in [0.1, 0.15) is 48.9 Å². The van der Waals surface area contributed by atoms with Gasteiger partial charge in [0.2, 0.25) is 5.91 Å². The molecule has 2 saturated heterocycles. The SMILES string of the molecule is CCOC(=O)[C@@]1(C/C=C/N2CCOC2=O)c2[nH]c3ccccc3c2C/C(=C\N2CCCC2=O)C1c1ccc(OC)cc1. The molecule has 3 aliphatic rings. The molecule has 3 heterocycles. The van der Waals surface area contributed by atoms with Crippen LogP contribution >= 0.6 is 0 Å². The number of benzene rings is 2. The first-order valence-electron chi connectivity index (χ1n) is 14.5. The van der Waals surface area contributed by atoms with Gasteiger partial charge in [0.1, 0.15) is 17.8 Å². The lowest BCUT2D eigenvalue weighted by Gasteiger charge is -2.43. The van der Waals surface area contributed by atoms with Crippen molar-refractivity contribution in [3.8, 4) is 5.75 Å². The van der Waals surface area contributed by atoms with Crippen LogP contribution in [0.25, 0.3) is 10.9 Å². The second kappa shape index (κ2) is 11.4. The maximum atomic E-state index is 14.5. The van der Waals surface area contributed by atoms with Crippen LogP contribution in [-0.2, 0) is 30.9 Å². The van der Waals surface area contributed by atoms with E-state index in [-0.39, 0.29) is 24.9 Å². The molecule has 2 atom stereocenters. The number of rotatable bonds is 8. The van der Waals surface area contributed by atoms with Gasteiger partial charge in [-0.2, -0.15) is 0 Å². The van der Waals surface area contributed by atoms with Crippen molar-refractivity contribution in [2.75, 3.05) is 33.4 Å². The number of H-pyrrole nitrogens is 1. The topological polar surface area (TPSA) is 101 Å². The zero-order chi connectivity index (χ0) is 29.3. The van der Waals surface area contributed by atoms with Crippen LogP contribution in [0.4, 0.5) is 4.79 Å². The predicted molar refractivity (Wildman–Crippen MR) is 157 cm³/mol. The van der Waals surface area contributed by atoms with E-state index in [4.69, 9.17) is 14.2 Å². The van der Waals surface area contributed by atoms with Crippen molar-refractivity contribution in [2.24, 2.45) is 0 Å². The lowest BCUT2D eigenvalue weighted by atomic mass is 9.59. The summed E-state index contributed by atoms with van der Waals surface area (Å²) in [7, 11) is 1.62. The quantitative estimate of drug-likeness (QED) is 0.375. The number of ether oxygens (including phenoxy) is 3. The maximum Gasteiger partial charge on any atom is 0.413 e. The first-order valence-corrected chi connectivity index (χ1v) is 14.5. The van der Waals surface area contributed by atoms with E-state index in [9.17, 15) is 14.4 Å². The highest BCUT2D eigenvalue weighted by Crippen LogP contribution is 2.54. The predicted octanol–water partition coefficient (Wildman–Crippen LogP) is 5.18. The Morgan fingerprint density at radius 3 is 2.62 bits per heavy atom. The van der Waals surface area contributed by atoms with Crippen LogP contribution in [0.15, 0.2) is 72.6 Å². The number of para-hydroxylation sites is 1. The molecule has 1 N–H and O–H groups in total. The zero-order valence-electron chi connectivity index (χ0n) is 23.9. The summed E-state index contributed by atoms with van der Waals surface area (Å²) in [6.45, 7) is 3.42. The third kappa shape index (κ3) is 4.72. The molecular formula is C33H35N3O6. The molecule has 0 bridgehead atoms. The summed E-state index contributed by atoms with van der Waals surface area (Å²) in [5, 5.41) is 1.03. The molecule has 2 aromatic carbocycles. The zero-order valence-corrected chi connectivity index (χ0v) is 23.9. The smallest absolute Gasteiger partial charge is 0.413 e. The summed E-state index contributed by atoms with van der Waals surface area (Å²) in [6.07, 6.45) is 7.22. The molecule has 2 fully saturated rings. The van der Waals surface area contributed by atoms with E-state index < -0.39 is 17.4 Å². The van der Waals surface area contributed by atoms with E-state index in [1.165, 1.54) is 4.90 Å². The Bertz CT molecular complexity index is 1570. The first kappa shape index (κ1) is 27.6. The van der Waals surface area contributed by atoms with Crippen molar-refractivity contribution in [1.29, 1.82) is 0 Å². The Morgan fingerprint density at radius 2 is 1.93 bits per heavy atom. The van der Waals surface area contributed by atoms with Crippen molar-refractivity contribution in [2.45, 2.75) is 43.9 Å². The molecule has 2 aliphatic heterocycles. The van der Waals surface area contributed by atoms with Gasteiger partial charge in [-0.05, 0) is 61.1 Å². The molecule has 1 aromatic heterocycles. The molecule has 9 heteroatoms. The van der Waals surface area contributed by atoms with Gasteiger partial charge in [-0.1, -0.05) is 36.4 Å². The molecule has 6 rings (SSSR count). The minimum atomic E-state index is -1.22. The second-order valence-corrected chi connectivity index (χ2v) is 10.9. The second-order valence-electron chi connectivity index (χ2n) is 10.9. The van der Waals surface area contributed by atoms with Gasteiger partial charge < -0.3 is 24.1 Å². The molecule has 1 unspecified atom stereocenters. The van der Waals surface area contributed by atoms with Gasteiger partial charge in [-0.25, -0.2) is 4.79 Å². The number of methoxy groups -OCH3 is 1. The van der Waals surface area contributed by atoms with Crippen molar-refractivity contribution in [3.05, 3.63) is 89.4 Å². The number of cyclic esters (lactones) is 1. The Kier molecular flexibility index (Phi) is 7.49. The van der Waals surface area contributed by atoms with Gasteiger partial charge in [0.05, 0.1) is 20.3 Å². The molecule has 0 spiro atoms. The highest BCUT2D eigenvalue weighted by Gasteiger charge is 2.55. The van der Waals surface area contributed by atoms with E-state index >= 15 is 0 Å². The monoisotopic (exact) mass is 569 g/mol. The van der Waals surface area contributed by atoms with Crippen molar-refractivity contribution in [1.82, 2.24) is 14.8 Å². The standard InChI is InChI=1S/C33H35N3O6/c1-3-41-31(38)33(15-7-17-35-18-19-42-32(35)39)29(22-11-13-24(40-2)14-12-22)23(21-36-16-6-10-28(36)37)20-26-25-8-4-5-9-27(25)34-30(26)33/h4-5,7-9,11-14,17,21,29,34H,3,6,10,15-16,18-20H2,1-2H3/b17-7+,23-21+/t29?,33-/m1/s1. The Morgan fingerprint density at radius 1 is 1.12 bits per heavy atom. The number of aromatic amines is 1. The Labute approximate surface area is 244 Å². The van der Waals surface area contributed by atoms with Gasteiger partial charge in [-0.15, -0.1) is 0 Å². The normalized spacial score (nSPS) is 23.2. The largest absolute Gasteiger partial charge is 0.497 e. The number of carbonyl (C=O) groups is 3. The third-order valence-electron chi connectivity index (χ3n) is 8.54. The number of amides is 2. The highest BCUT2D eigenvalue weighted by atomic mass is 16.6. The number of aromatic nitrogens is 1. The van der Waals surface area contributed by atoms with Crippen molar-refractivity contribution < 1.29 is 28.6 Å². The van der Waals surface area contributed by atoms with Gasteiger partial charge in [-0.3, -0.25) is 14.5 Å². The number of hydrogen-bond donors (Lipinski definition) is 1. The van der Waals surface area contributed by atoms with Crippen LogP contribution < -0.4 is 4.74 Å². The lowest BCUT2D eigenvalue weighted by Crippen LogP contribution is -2.47. The van der Waals surface area contributed by atoms with E-state index in [0.717, 1.165) is 39.7 Å². The van der Waals surface area contributed by atoms with Crippen LogP contribution in [0.5, 0.6) is 5.75 Å². The Balaban J connectivity index is 1.61. The van der Waals surface area contributed by atoms with Gasteiger partial charge in [0.15, 0.2) is 0 Å². The summed E-state index contributed by atoms with van der Waals surface area (Å²) in [4.78, 5) is 46.4. The average molecular weight is 570 g/mol. The minimum Gasteiger partial charge on any atom is -0.497 e. The van der Waals surface area contributed by atoms with E-state index in [0.29, 0.717) is 38.3 Å². The molecule has 3 aromatic rings. The number of likely N-dealkylation sites (tertiary alicyclic amines) is 1. The summed E-state index contributed by atoms with van der Waals surface area (Å²) in [6, 6.07) is 15.8. The van der Waals surface area contributed by atoms with Gasteiger partial charge in [0, 0.05) is 47.9 Å². The average Bonchev–Trinajstić information content (AvgIpc) is 3.71. The summed E-state index contributed by atoms with van der Waals surface area (Å²) in [5.41, 5.74) is 3.37.